The Kier molecular flexibility index (Phi) is 8.45. The molecule has 84 valence electrons. The monoisotopic (exact) mass is 206 g/mol. The first-order valence-electron chi connectivity index (χ1n) is 4.61. The summed E-state index contributed by atoms with van der Waals surface area (Å²) in [5, 5.41) is 30.8. The van der Waals surface area contributed by atoms with Gasteiger partial charge in [-0.1, -0.05) is 6.42 Å². The Hall–Kier alpha value is -0.690. The molecule has 0 spiro atoms. The number of nitrogens with one attached hydrogen (secondary N) is 2. The fraction of sp³-hybridized carbons (Fsp3) is 0.875. The van der Waals surface area contributed by atoms with Crippen molar-refractivity contribution in [2.45, 2.75) is 25.3 Å². The number of carboxylic acids is 1. The number of aliphatic hydroxyl groups is 2. The minimum atomic E-state index is -0.950. The smallest absolute Gasteiger partial charge is 0.320 e. The normalized spacial score (nSPS) is 12.7. The van der Waals surface area contributed by atoms with E-state index in [1.807, 2.05) is 0 Å². The van der Waals surface area contributed by atoms with E-state index in [0.717, 1.165) is 12.8 Å². The zero-order chi connectivity index (χ0) is 10.8. The number of hydrogen-bond donors (Lipinski definition) is 5. The largest absolute Gasteiger partial charge is 0.480 e. The molecule has 0 aromatic rings. The van der Waals surface area contributed by atoms with E-state index < -0.39 is 12.0 Å². The topological polar surface area (TPSA) is 102 Å². The van der Waals surface area contributed by atoms with Crippen LogP contribution in [0.1, 0.15) is 19.3 Å². The van der Waals surface area contributed by atoms with Crippen LogP contribution in [0, 0.1) is 0 Å². The SMILES string of the molecule is O=C(O)[C@H](CCCCNCO)NCO. The van der Waals surface area contributed by atoms with Gasteiger partial charge in [0.25, 0.3) is 0 Å². The third-order valence-corrected chi connectivity index (χ3v) is 1.84. The molecule has 0 heterocycles. The molecule has 5 N–H and O–H groups in total. The molecule has 14 heavy (non-hydrogen) atoms. The van der Waals surface area contributed by atoms with Gasteiger partial charge in [0.1, 0.15) is 6.04 Å². The zero-order valence-electron chi connectivity index (χ0n) is 8.07. The van der Waals surface area contributed by atoms with E-state index in [1.165, 1.54) is 0 Å². The fourth-order valence-electron chi connectivity index (χ4n) is 1.10. The highest BCUT2D eigenvalue weighted by Crippen LogP contribution is 2.00. The van der Waals surface area contributed by atoms with Gasteiger partial charge in [0.15, 0.2) is 0 Å². The molecule has 0 amide bonds. The molecule has 0 rings (SSSR count). The number of hydrogen-bond acceptors (Lipinski definition) is 5. The predicted octanol–water partition coefficient (Wildman–Crippen LogP) is -1.31. The van der Waals surface area contributed by atoms with Crippen molar-refractivity contribution < 1.29 is 20.1 Å². The summed E-state index contributed by atoms with van der Waals surface area (Å²) < 4.78 is 0. The van der Waals surface area contributed by atoms with Crippen LogP contribution >= 0.6 is 0 Å². The van der Waals surface area contributed by atoms with Crippen molar-refractivity contribution in [1.82, 2.24) is 10.6 Å². The maximum absolute atomic E-state index is 10.6. The third kappa shape index (κ3) is 6.79. The van der Waals surface area contributed by atoms with Crippen LogP contribution in [-0.4, -0.2) is 47.3 Å². The molecule has 0 aliphatic heterocycles. The van der Waals surface area contributed by atoms with Gasteiger partial charge in [0.05, 0.1) is 13.5 Å². The summed E-state index contributed by atoms with van der Waals surface area (Å²) in [6.07, 6.45) is 2.01. The van der Waals surface area contributed by atoms with Gasteiger partial charge in [0.2, 0.25) is 0 Å². The van der Waals surface area contributed by atoms with E-state index in [-0.39, 0.29) is 13.5 Å². The number of rotatable bonds is 9. The van der Waals surface area contributed by atoms with Crippen molar-refractivity contribution in [2.24, 2.45) is 0 Å². The van der Waals surface area contributed by atoms with E-state index in [9.17, 15) is 4.79 Å². The number of carbonyl (C=O) groups is 1. The van der Waals surface area contributed by atoms with Crippen molar-refractivity contribution >= 4 is 5.97 Å². The van der Waals surface area contributed by atoms with Crippen molar-refractivity contribution in [1.29, 1.82) is 0 Å². The van der Waals surface area contributed by atoms with Gasteiger partial charge in [-0.2, -0.15) is 0 Å². The second-order valence-electron chi connectivity index (χ2n) is 2.91. The van der Waals surface area contributed by atoms with Crippen molar-refractivity contribution in [3.05, 3.63) is 0 Å². The molecular weight excluding hydrogens is 188 g/mol. The zero-order valence-corrected chi connectivity index (χ0v) is 8.07. The van der Waals surface area contributed by atoms with E-state index in [2.05, 4.69) is 10.6 Å². The number of unbranched alkanes of at least 4 members (excludes halogenated alkanes) is 1. The molecule has 0 aromatic carbocycles. The van der Waals surface area contributed by atoms with E-state index in [1.54, 1.807) is 0 Å². The number of aliphatic hydroxyl groups excluding tert-OH is 2. The van der Waals surface area contributed by atoms with Crippen LogP contribution in [0.2, 0.25) is 0 Å². The van der Waals surface area contributed by atoms with Crippen LogP contribution in [0.25, 0.3) is 0 Å². The lowest BCUT2D eigenvalue weighted by molar-refractivity contribution is -0.140. The van der Waals surface area contributed by atoms with Crippen LogP contribution in [0.5, 0.6) is 0 Å². The van der Waals surface area contributed by atoms with Gasteiger partial charge >= 0.3 is 5.97 Å². The highest BCUT2D eigenvalue weighted by atomic mass is 16.4. The lowest BCUT2D eigenvalue weighted by Gasteiger charge is -2.11. The molecule has 0 unspecified atom stereocenters. The summed E-state index contributed by atoms with van der Waals surface area (Å²) in [5.74, 6) is -0.950. The van der Waals surface area contributed by atoms with Crippen LogP contribution in [0.15, 0.2) is 0 Å². The van der Waals surface area contributed by atoms with Crippen LogP contribution in [0.4, 0.5) is 0 Å². The number of carboxylic acid groups (broad SMARTS) is 1. The van der Waals surface area contributed by atoms with E-state index in [4.69, 9.17) is 15.3 Å². The highest BCUT2D eigenvalue weighted by Gasteiger charge is 2.14. The maximum Gasteiger partial charge on any atom is 0.320 e. The minimum Gasteiger partial charge on any atom is -0.480 e. The van der Waals surface area contributed by atoms with Crippen LogP contribution in [0.3, 0.4) is 0 Å². The summed E-state index contributed by atoms with van der Waals surface area (Å²) in [6, 6.07) is -0.686. The summed E-state index contributed by atoms with van der Waals surface area (Å²) in [7, 11) is 0. The molecular formula is C8H18N2O4. The molecule has 0 fully saturated rings. The van der Waals surface area contributed by atoms with Crippen molar-refractivity contribution in [3.63, 3.8) is 0 Å². The first-order valence-corrected chi connectivity index (χ1v) is 4.61. The Labute approximate surface area is 82.9 Å². The Balaban J connectivity index is 3.46. The lowest BCUT2D eigenvalue weighted by atomic mass is 10.1. The number of aliphatic carboxylic acids is 1. The van der Waals surface area contributed by atoms with Gasteiger partial charge in [-0.3, -0.25) is 15.4 Å². The average molecular weight is 206 g/mol. The predicted molar refractivity (Wildman–Crippen MR) is 50.6 cm³/mol. The second kappa shape index (κ2) is 8.89. The lowest BCUT2D eigenvalue weighted by Crippen LogP contribution is -2.37. The first kappa shape index (κ1) is 13.3. The first-order chi connectivity index (χ1) is 6.72. The van der Waals surface area contributed by atoms with Gasteiger partial charge < -0.3 is 15.3 Å². The molecule has 0 bridgehead atoms. The van der Waals surface area contributed by atoms with Gasteiger partial charge in [0, 0.05) is 0 Å². The molecule has 0 saturated heterocycles. The molecule has 0 radical (unpaired) electrons. The molecule has 0 aromatic heterocycles. The van der Waals surface area contributed by atoms with Crippen LogP contribution < -0.4 is 10.6 Å². The Morgan fingerprint density at radius 3 is 2.43 bits per heavy atom. The van der Waals surface area contributed by atoms with Gasteiger partial charge in [-0.15, -0.1) is 0 Å². The Morgan fingerprint density at radius 2 is 1.93 bits per heavy atom. The van der Waals surface area contributed by atoms with Crippen molar-refractivity contribution in [2.75, 3.05) is 20.0 Å². The van der Waals surface area contributed by atoms with Crippen LogP contribution in [-0.2, 0) is 4.79 Å². The summed E-state index contributed by atoms with van der Waals surface area (Å²) in [6.45, 7) is 0.283. The quantitative estimate of drug-likeness (QED) is 0.237. The van der Waals surface area contributed by atoms with Gasteiger partial charge in [-0.05, 0) is 19.4 Å². The van der Waals surface area contributed by atoms with E-state index in [0.29, 0.717) is 13.0 Å². The van der Waals surface area contributed by atoms with E-state index >= 15 is 0 Å². The summed E-state index contributed by atoms with van der Waals surface area (Å²) in [5.41, 5.74) is 0. The summed E-state index contributed by atoms with van der Waals surface area (Å²) in [4.78, 5) is 10.6. The maximum atomic E-state index is 10.6. The minimum absolute atomic E-state index is 0.0583. The molecule has 0 aliphatic carbocycles. The third-order valence-electron chi connectivity index (χ3n) is 1.84. The highest BCUT2D eigenvalue weighted by molar-refractivity contribution is 5.73. The fourth-order valence-corrected chi connectivity index (χ4v) is 1.10. The van der Waals surface area contributed by atoms with Gasteiger partial charge in [-0.25, -0.2) is 0 Å². The second-order valence-corrected chi connectivity index (χ2v) is 2.91. The average Bonchev–Trinajstić information content (AvgIpc) is 2.15. The summed E-state index contributed by atoms with van der Waals surface area (Å²) >= 11 is 0. The molecule has 6 heteroatoms. The Morgan fingerprint density at radius 1 is 1.21 bits per heavy atom. The van der Waals surface area contributed by atoms with Crippen molar-refractivity contribution in [3.8, 4) is 0 Å². The molecule has 6 nitrogen and oxygen atoms in total. The molecule has 1 atom stereocenters. The standard InChI is InChI=1S/C8H18N2O4/c11-5-9-4-2-1-3-7(8(13)14)10-6-12/h7,9-12H,1-6H2,(H,13,14)/t7-/m0/s1. The Bertz CT molecular complexity index is 154. The molecule has 0 saturated carbocycles. The molecule has 0 aliphatic rings.